The first-order valence-corrected chi connectivity index (χ1v) is 6.44. The van der Waals surface area contributed by atoms with Gasteiger partial charge in [-0.1, -0.05) is 18.2 Å². The number of benzene rings is 2. The van der Waals surface area contributed by atoms with Crippen molar-refractivity contribution >= 4 is 5.69 Å². The zero-order chi connectivity index (χ0) is 13.7. The molecular formula is C16H18FNO. The summed E-state index contributed by atoms with van der Waals surface area (Å²) in [5, 5.41) is 3.34. The van der Waals surface area contributed by atoms with Gasteiger partial charge in [-0.2, -0.15) is 0 Å². The van der Waals surface area contributed by atoms with Gasteiger partial charge in [0.25, 0.3) is 0 Å². The Kier molecular flexibility index (Phi) is 4.39. The Labute approximate surface area is 113 Å². The summed E-state index contributed by atoms with van der Waals surface area (Å²) in [7, 11) is 0. The van der Waals surface area contributed by atoms with Gasteiger partial charge in [-0.15, -0.1) is 0 Å². The lowest BCUT2D eigenvalue weighted by Gasteiger charge is -2.19. The molecule has 0 aliphatic rings. The number of anilines is 1. The van der Waals surface area contributed by atoms with E-state index < -0.39 is 0 Å². The van der Waals surface area contributed by atoms with E-state index in [1.807, 2.05) is 31.2 Å². The van der Waals surface area contributed by atoms with Crippen LogP contribution in [0, 0.1) is 5.82 Å². The average molecular weight is 259 g/mol. The summed E-state index contributed by atoms with van der Waals surface area (Å²) < 4.78 is 18.5. The van der Waals surface area contributed by atoms with Crippen molar-refractivity contribution in [2.45, 2.75) is 19.9 Å². The van der Waals surface area contributed by atoms with Crippen molar-refractivity contribution in [1.29, 1.82) is 0 Å². The van der Waals surface area contributed by atoms with Crippen molar-refractivity contribution in [3.05, 3.63) is 59.9 Å². The van der Waals surface area contributed by atoms with Gasteiger partial charge < -0.3 is 10.1 Å². The maximum Gasteiger partial charge on any atom is 0.124 e. The number of ether oxygens (including phenoxy) is 1. The molecule has 0 spiro atoms. The highest BCUT2D eigenvalue weighted by atomic mass is 19.1. The fourth-order valence-electron chi connectivity index (χ4n) is 2.00. The maximum absolute atomic E-state index is 12.9. The third-order valence-corrected chi connectivity index (χ3v) is 2.91. The molecule has 0 heterocycles. The minimum absolute atomic E-state index is 0.0909. The average Bonchev–Trinajstić information content (AvgIpc) is 2.42. The molecular weight excluding hydrogens is 241 g/mol. The number of para-hydroxylation sites is 1. The Morgan fingerprint density at radius 1 is 1.11 bits per heavy atom. The Morgan fingerprint density at radius 3 is 2.47 bits per heavy atom. The standard InChI is InChI=1S/C16H18FNO/c1-3-19-16-7-5-4-6-15(16)12(2)18-14-10-8-13(17)9-11-14/h4-12,18H,3H2,1-2H3. The van der Waals surface area contributed by atoms with Crippen molar-refractivity contribution in [2.24, 2.45) is 0 Å². The van der Waals surface area contributed by atoms with Gasteiger partial charge in [0.2, 0.25) is 0 Å². The van der Waals surface area contributed by atoms with Crippen LogP contribution < -0.4 is 10.1 Å². The molecule has 0 fully saturated rings. The van der Waals surface area contributed by atoms with E-state index in [0.717, 1.165) is 17.0 Å². The summed E-state index contributed by atoms with van der Waals surface area (Å²) in [6.45, 7) is 4.66. The molecule has 1 unspecified atom stereocenters. The third-order valence-electron chi connectivity index (χ3n) is 2.91. The first-order valence-electron chi connectivity index (χ1n) is 6.44. The van der Waals surface area contributed by atoms with E-state index in [-0.39, 0.29) is 11.9 Å². The molecule has 0 radical (unpaired) electrons. The molecule has 0 aliphatic heterocycles. The second-order valence-electron chi connectivity index (χ2n) is 4.34. The number of hydrogen-bond acceptors (Lipinski definition) is 2. The van der Waals surface area contributed by atoms with Gasteiger partial charge in [0.1, 0.15) is 11.6 Å². The van der Waals surface area contributed by atoms with E-state index in [2.05, 4.69) is 12.2 Å². The molecule has 3 heteroatoms. The topological polar surface area (TPSA) is 21.3 Å². The number of hydrogen-bond donors (Lipinski definition) is 1. The van der Waals surface area contributed by atoms with Crippen LogP contribution in [0.3, 0.4) is 0 Å². The lowest BCUT2D eigenvalue weighted by Crippen LogP contribution is -2.08. The van der Waals surface area contributed by atoms with Crippen LogP contribution >= 0.6 is 0 Å². The Bertz CT molecular complexity index is 525. The highest BCUT2D eigenvalue weighted by Gasteiger charge is 2.10. The fourth-order valence-corrected chi connectivity index (χ4v) is 2.00. The molecule has 0 saturated carbocycles. The lowest BCUT2D eigenvalue weighted by molar-refractivity contribution is 0.335. The van der Waals surface area contributed by atoms with Gasteiger partial charge in [-0.3, -0.25) is 0 Å². The molecule has 0 aliphatic carbocycles. The molecule has 1 N–H and O–H groups in total. The first-order chi connectivity index (χ1) is 9.20. The van der Waals surface area contributed by atoms with Crippen LogP contribution in [0.1, 0.15) is 25.5 Å². The predicted molar refractivity (Wildman–Crippen MR) is 76.0 cm³/mol. The first kappa shape index (κ1) is 13.4. The van der Waals surface area contributed by atoms with Crippen molar-refractivity contribution in [3.63, 3.8) is 0 Å². The van der Waals surface area contributed by atoms with E-state index in [1.165, 1.54) is 12.1 Å². The molecule has 0 bridgehead atoms. The van der Waals surface area contributed by atoms with Gasteiger partial charge in [-0.25, -0.2) is 4.39 Å². The second kappa shape index (κ2) is 6.23. The fraction of sp³-hybridized carbons (Fsp3) is 0.250. The predicted octanol–water partition coefficient (Wildman–Crippen LogP) is 4.40. The largest absolute Gasteiger partial charge is 0.494 e. The van der Waals surface area contributed by atoms with Gasteiger partial charge in [0, 0.05) is 11.3 Å². The van der Waals surface area contributed by atoms with E-state index in [4.69, 9.17) is 4.74 Å². The molecule has 1 atom stereocenters. The summed E-state index contributed by atoms with van der Waals surface area (Å²) in [5.74, 6) is 0.653. The molecule has 0 aromatic heterocycles. The van der Waals surface area contributed by atoms with Crippen LogP contribution in [-0.2, 0) is 0 Å². The number of rotatable bonds is 5. The zero-order valence-corrected chi connectivity index (χ0v) is 11.2. The van der Waals surface area contributed by atoms with E-state index >= 15 is 0 Å². The Hall–Kier alpha value is -2.03. The quantitative estimate of drug-likeness (QED) is 0.859. The minimum atomic E-state index is -0.229. The zero-order valence-electron chi connectivity index (χ0n) is 11.2. The van der Waals surface area contributed by atoms with Gasteiger partial charge in [0.05, 0.1) is 12.6 Å². The van der Waals surface area contributed by atoms with Crippen molar-refractivity contribution < 1.29 is 9.13 Å². The molecule has 0 amide bonds. The minimum Gasteiger partial charge on any atom is -0.494 e. The molecule has 2 aromatic carbocycles. The van der Waals surface area contributed by atoms with Crippen molar-refractivity contribution in [3.8, 4) is 5.75 Å². The van der Waals surface area contributed by atoms with Crippen LogP contribution in [0.5, 0.6) is 5.75 Å². The third kappa shape index (κ3) is 3.47. The highest BCUT2D eigenvalue weighted by molar-refractivity contribution is 5.47. The molecule has 0 saturated heterocycles. The Morgan fingerprint density at radius 2 is 1.79 bits per heavy atom. The second-order valence-corrected chi connectivity index (χ2v) is 4.34. The number of halogens is 1. The van der Waals surface area contributed by atoms with Crippen LogP contribution in [0.4, 0.5) is 10.1 Å². The SMILES string of the molecule is CCOc1ccccc1C(C)Nc1ccc(F)cc1. The molecule has 2 nitrogen and oxygen atoms in total. The van der Waals surface area contributed by atoms with Gasteiger partial charge in [-0.05, 0) is 44.2 Å². The normalized spacial score (nSPS) is 11.9. The summed E-state index contributed by atoms with van der Waals surface area (Å²) in [5.41, 5.74) is 1.98. The number of nitrogens with one attached hydrogen (secondary N) is 1. The summed E-state index contributed by atoms with van der Waals surface area (Å²) in [6.07, 6.45) is 0. The van der Waals surface area contributed by atoms with Crippen LogP contribution in [0.2, 0.25) is 0 Å². The van der Waals surface area contributed by atoms with Crippen molar-refractivity contribution in [2.75, 3.05) is 11.9 Å². The maximum atomic E-state index is 12.9. The summed E-state index contributed by atoms with van der Waals surface area (Å²) >= 11 is 0. The van der Waals surface area contributed by atoms with E-state index in [1.54, 1.807) is 12.1 Å². The van der Waals surface area contributed by atoms with Crippen molar-refractivity contribution in [1.82, 2.24) is 0 Å². The van der Waals surface area contributed by atoms with E-state index in [0.29, 0.717) is 6.61 Å². The van der Waals surface area contributed by atoms with Gasteiger partial charge >= 0.3 is 0 Å². The summed E-state index contributed by atoms with van der Waals surface area (Å²) in [4.78, 5) is 0. The Balaban J connectivity index is 2.15. The van der Waals surface area contributed by atoms with Crippen LogP contribution in [0.25, 0.3) is 0 Å². The summed E-state index contributed by atoms with van der Waals surface area (Å²) in [6, 6.07) is 14.4. The monoisotopic (exact) mass is 259 g/mol. The van der Waals surface area contributed by atoms with E-state index in [9.17, 15) is 4.39 Å². The molecule has 2 aromatic rings. The molecule has 19 heavy (non-hydrogen) atoms. The highest BCUT2D eigenvalue weighted by Crippen LogP contribution is 2.27. The smallest absolute Gasteiger partial charge is 0.124 e. The molecule has 100 valence electrons. The van der Waals surface area contributed by atoms with Gasteiger partial charge in [0.15, 0.2) is 0 Å². The molecule has 2 rings (SSSR count). The lowest BCUT2D eigenvalue weighted by atomic mass is 10.1. The van der Waals surface area contributed by atoms with Crippen LogP contribution in [-0.4, -0.2) is 6.61 Å². The van der Waals surface area contributed by atoms with Crippen LogP contribution in [0.15, 0.2) is 48.5 Å².